The van der Waals surface area contributed by atoms with E-state index >= 15 is 0 Å². The number of para-hydroxylation sites is 1. The fourth-order valence-corrected chi connectivity index (χ4v) is 3.62. The molecule has 2 heterocycles. The molecule has 1 atom stereocenters. The van der Waals surface area contributed by atoms with Crippen LogP contribution < -0.4 is 0 Å². The highest BCUT2D eigenvalue weighted by Crippen LogP contribution is 2.34. The first-order valence-electron chi connectivity index (χ1n) is 8.93. The normalized spacial score (nSPS) is 14.8. The minimum Gasteiger partial charge on any atom is -0.300 e. The van der Waals surface area contributed by atoms with Crippen LogP contribution in [0.1, 0.15) is 52.8 Å². The van der Waals surface area contributed by atoms with Crippen molar-refractivity contribution in [2.75, 3.05) is 0 Å². The molecule has 0 spiro atoms. The molecule has 1 aliphatic heterocycles. The Kier molecular flexibility index (Phi) is 4.32. The lowest BCUT2D eigenvalue weighted by atomic mass is 9.97. The standard InChI is InChI=1S/C22H16N4O3/c1-4-15-9-10-18-17(11-15)21(16-7-5-6-8-19(16)26(28)29)24-13(2)22-20(14(3)27)23-12-25(18)22/h1,5-13H,2-3H3/t13-/m1/s1. The number of terminal acetylenes is 1. The first kappa shape index (κ1) is 18.3. The minimum atomic E-state index is -0.451. The summed E-state index contributed by atoms with van der Waals surface area (Å²) in [5.41, 5.74) is 3.74. The maximum atomic E-state index is 12.1. The van der Waals surface area contributed by atoms with Crippen molar-refractivity contribution in [3.05, 3.63) is 87.0 Å². The summed E-state index contributed by atoms with van der Waals surface area (Å²) in [6, 6.07) is 11.4. The van der Waals surface area contributed by atoms with E-state index in [1.807, 2.05) is 17.6 Å². The molecule has 0 radical (unpaired) electrons. The van der Waals surface area contributed by atoms with E-state index in [2.05, 4.69) is 10.9 Å². The van der Waals surface area contributed by atoms with Gasteiger partial charge in [0.2, 0.25) is 0 Å². The summed E-state index contributed by atoms with van der Waals surface area (Å²) in [5, 5.41) is 11.6. The summed E-state index contributed by atoms with van der Waals surface area (Å²) in [7, 11) is 0. The largest absolute Gasteiger partial charge is 0.300 e. The van der Waals surface area contributed by atoms with Gasteiger partial charge in [0.15, 0.2) is 5.78 Å². The zero-order valence-electron chi connectivity index (χ0n) is 15.8. The van der Waals surface area contributed by atoms with Gasteiger partial charge >= 0.3 is 0 Å². The van der Waals surface area contributed by atoms with Crippen LogP contribution in [0, 0.1) is 22.5 Å². The Hall–Kier alpha value is -4.05. The van der Waals surface area contributed by atoms with Crippen molar-refractivity contribution in [1.29, 1.82) is 0 Å². The third kappa shape index (κ3) is 2.91. The van der Waals surface area contributed by atoms with Gasteiger partial charge in [0.1, 0.15) is 12.0 Å². The van der Waals surface area contributed by atoms with E-state index in [1.165, 1.54) is 13.0 Å². The van der Waals surface area contributed by atoms with Crippen molar-refractivity contribution in [1.82, 2.24) is 9.55 Å². The zero-order chi connectivity index (χ0) is 20.7. The molecule has 7 heteroatoms. The molecule has 29 heavy (non-hydrogen) atoms. The van der Waals surface area contributed by atoms with Crippen LogP contribution in [-0.4, -0.2) is 26.0 Å². The van der Waals surface area contributed by atoms with Gasteiger partial charge in [-0.2, -0.15) is 0 Å². The van der Waals surface area contributed by atoms with Gasteiger partial charge in [-0.1, -0.05) is 18.1 Å². The summed E-state index contributed by atoms with van der Waals surface area (Å²) in [4.78, 5) is 32.4. The number of aromatic nitrogens is 2. The second-order valence-corrected chi connectivity index (χ2v) is 6.71. The Labute approximate surface area is 166 Å². The van der Waals surface area contributed by atoms with Crippen LogP contribution in [0.15, 0.2) is 53.8 Å². The van der Waals surface area contributed by atoms with E-state index in [-0.39, 0.29) is 11.5 Å². The Morgan fingerprint density at radius 2 is 2.00 bits per heavy atom. The summed E-state index contributed by atoms with van der Waals surface area (Å²) in [6.07, 6.45) is 7.17. The molecule has 1 aliphatic rings. The molecule has 0 N–H and O–H groups in total. The first-order chi connectivity index (χ1) is 13.9. The molecule has 0 saturated carbocycles. The maximum absolute atomic E-state index is 12.1. The second kappa shape index (κ2) is 6.84. The van der Waals surface area contributed by atoms with Crippen molar-refractivity contribution in [3.8, 4) is 18.0 Å². The lowest BCUT2D eigenvalue weighted by Crippen LogP contribution is -2.10. The van der Waals surface area contributed by atoms with Crippen LogP contribution in [0.2, 0.25) is 0 Å². The topological polar surface area (TPSA) is 90.4 Å². The Morgan fingerprint density at radius 1 is 1.24 bits per heavy atom. The van der Waals surface area contributed by atoms with Crippen LogP contribution in [0.4, 0.5) is 5.69 Å². The van der Waals surface area contributed by atoms with Crippen molar-refractivity contribution < 1.29 is 9.72 Å². The van der Waals surface area contributed by atoms with E-state index in [0.29, 0.717) is 39.5 Å². The molecule has 0 saturated heterocycles. The van der Waals surface area contributed by atoms with Gasteiger partial charge in [0.25, 0.3) is 5.69 Å². The lowest BCUT2D eigenvalue weighted by molar-refractivity contribution is -0.385. The predicted molar refractivity (Wildman–Crippen MR) is 109 cm³/mol. The quantitative estimate of drug-likeness (QED) is 0.297. The summed E-state index contributed by atoms with van der Waals surface area (Å²) < 4.78 is 1.81. The average molecular weight is 384 g/mol. The van der Waals surface area contributed by atoms with Gasteiger partial charge in [-0.3, -0.25) is 24.5 Å². The number of hydrogen-bond acceptors (Lipinski definition) is 5. The molecule has 7 nitrogen and oxygen atoms in total. The van der Waals surface area contributed by atoms with Crippen LogP contribution >= 0.6 is 0 Å². The van der Waals surface area contributed by atoms with Crippen molar-refractivity contribution in [2.45, 2.75) is 19.9 Å². The lowest BCUT2D eigenvalue weighted by Gasteiger charge is -2.12. The number of fused-ring (bicyclic) bond motifs is 3. The highest BCUT2D eigenvalue weighted by molar-refractivity contribution is 6.17. The van der Waals surface area contributed by atoms with Crippen LogP contribution in [0.25, 0.3) is 5.69 Å². The third-order valence-electron chi connectivity index (χ3n) is 4.89. The number of ketones is 1. The highest BCUT2D eigenvalue weighted by Gasteiger charge is 2.29. The fraction of sp³-hybridized carbons (Fsp3) is 0.136. The molecule has 0 aliphatic carbocycles. The number of aliphatic imine (C=N–C) groups is 1. The Morgan fingerprint density at radius 3 is 2.69 bits per heavy atom. The first-order valence-corrected chi connectivity index (χ1v) is 8.93. The Balaban J connectivity index is 2.09. The molecule has 4 rings (SSSR count). The highest BCUT2D eigenvalue weighted by atomic mass is 16.6. The smallest absolute Gasteiger partial charge is 0.278 e. The number of benzene rings is 2. The number of nitro groups is 1. The van der Waals surface area contributed by atoms with Crippen molar-refractivity contribution >= 4 is 17.2 Å². The van der Waals surface area contributed by atoms with Crippen LogP contribution in [-0.2, 0) is 0 Å². The number of rotatable bonds is 3. The minimum absolute atomic E-state index is 0.0491. The van der Waals surface area contributed by atoms with E-state index < -0.39 is 11.0 Å². The monoisotopic (exact) mass is 384 g/mol. The van der Waals surface area contributed by atoms with Gasteiger partial charge in [0.05, 0.1) is 33.6 Å². The zero-order valence-corrected chi connectivity index (χ0v) is 15.8. The molecule has 1 aromatic heterocycles. The van der Waals surface area contributed by atoms with E-state index in [0.717, 1.165) is 0 Å². The van der Waals surface area contributed by atoms with Gasteiger partial charge in [-0.05, 0) is 31.2 Å². The van der Waals surface area contributed by atoms with Gasteiger partial charge in [0, 0.05) is 24.1 Å². The molecular formula is C22H16N4O3. The third-order valence-corrected chi connectivity index (χ3v) is 4.89. The number of carbonyl (C=O) groups is 1. The van der Waals surface area contributed by atoms with E-state index in [1.54, 1.807) is 36.7 Å². The molecule has 0 bridgehead atoms. The van der Waals surface area contributed by atoms with E-state index in [4.69, 9.17) is 11.4 Å². The average Bonchev–Trinajstić information content (AvgIpc) is 3.12. The van der Waals surface area contributed by atoms with Crippen LogP contribution in [0.5, 0.6) is 0 Å². The number of imidazole rings is 1. The molecule has 0 fully saturated rings. The number of carbonyl (C=O) groups excluding carboxylic acids is 1. The second-order valence-electron chi connectivity index (χ2n) is 6.71. The van der Waals surface area contributed by atoms with Crippen molar-refractivity contribution in [2.24, 2.45) is 4.99 Å². The summed E-state index contributed by atoms with van der Waals surface area (Å²) in [5.74, 6) is 2.43. The molecule has 0 amide bonds. The van der Waals surface area contributed by atoms with Gasteiger partial charge < -0.3 is 0 Å². The molecule has 2 aromatic carbocycles. The SMILES string of the molecule is C#Cc1ccc2c(c1)C(c1ccccc1[N+](=O)[O-])=N[C@H](C)c1c(C(C)=O)ncn1-2. The van der Waals surface area contributed by atoms with Crippen molar-refractivity contribution in [3.63, 3.8) is 0 Å². The number of nitro benzene ring substituents is 1. The van der Waals surface area contributed by atoms with Gasteiger partial charge in [-0.15, -0.1) is 6.42 Å². The molecule has 142 valence electrons. The fourth-order valence-electron chi connectivity index (χ4n) is 3.62. The maximum Gasteiger partial charge on any atom is 0.278 e. The molecule has 0 unspecified atom stereocenters. The molecular weight excluding hydrogens is 368 g/mol. The summed E-state index contributed by atoms with van der Waals surface area (Å²) >= 11 is 0. The predicted octanol–water partition coefficient (Wildman–Crippen LogP) is 3.88. The number of hydrogen-bond donors (Lipinski definition) is 0. The molecule has 3 aromatic rings. The van der Waals surface area contributed by atoms with E-state index in [9.17, 15) is 14.9 Å². The van der Waals surface area contributed by atoms with Crippen LogP contribution in [0.3, 0.4) is 0 Å². The Bertz CT molecular complexity index is 1250. The summed E-state index contributed by atoms with van der Waals surface area (Å²) in [6.45, 7) is 3.29. The number of Topliss-reactive ketones (excluding diaryl/α,β-unsaturated/α-hetero) is 1. The number of nitrogens with zero attached hydrogens (tertiary/aromatic N) is 4. The van der Waals surface area contributed by atoms with Gasteiger partial charge in [-0.25, -0.2) is 4.98 Å².